The van der Waals surface area contributed by atoms with Crippen LogP contribution in [-0.4, -0.2) is 17.2 Å². The highest BCUT2D eigenvalue weighted by molar-refractivity contribution is 5.27. The largest absolute Gasteiger partial charge is 0.456 e. The molecule has 0 amide bonds. The van der Waals surface area contributed by atoms with Crippen molar-refractivity contribution in [3.05, 3.63) is 48.6 Å². The summed E-state index contributed by atoms with van der Waals surface area (Å²) in [5.41, 5.74) is -3.86. The Labute approximate surface area is 101 Å². The number of halogens is 5. The molecule has 0 saturated carbocycles. The fourth-order valence-electron chi connectivity index (χ4n) is 1.58. The SMILES string of the molecule is C=CC[C@](O)(c1ccccc1)C(F)(F)C(F)(F)F. The van der Waals surface area contributed by atoms with Gasteiger partial charge in [-0.3, -0.25) is 0 Å². The van der Waals surface area contributed by atoms with Crippen LogP contribution in [-0.2, 0) is 5.60 Å². The van der Waals surface area contributed by atoms with Crippen LogP contribution in [0.25, 0.3) is 0 Å². The van der Waals surface area contributed by atoms with E-state index in [2.05, 4.69) is 6.58 Å². The summed E-state index contributed by atoms with van der Waals surface area (Å²) in [6, 6.07) is 6.03. The quantitative estimate of drug-likeness (QED) is 0.651. The van der Waals surface area contributed by atoms with Crippen molar-refractivity contribution in [2.24, 2.45) is 0 Å². The summed E-state index contributed by atoms with van der Waals surface area (Å²) in [7, 11) is 0. The Balaban J connectivity index is 3.37. The van der Waals surface area contributed by atoms with E-state index < -0.39 is 29.7 Å². The van der Waals surface area contributed by atoms with Crippen LogP contribution in [0, 0.1) is 0 Å². The Kier molecular flexibility index (Phi) is 3.81. The molecule has 1 nitrogen and oxygen atoms in total. The van der Waals surface area contributed by atoms with Crippen molar-refractivity contribution in [2.45, 2.75) is 24.1 Å². The number of alkyl halides is 5. The highest BCUT2D eigenvalue weighted by Crippen LogP contribution is 2.50. The predicted molar refractivity (Wildman–Crippen MR) is 56.2 cm³/mol. The molecular weight excluding hydrogens is 255 g/mol. The zero-order chi connectivity index (χ0) is 14.0. The summed E-state index contributed by atoms with van der Waals surface area (Å²) in [4.78, 5) is 0. The predicted octanol–water partition coefficient (Wildman–Crippen LogP) is 3.65. The molecule has 0 unspecified atom stereocenters. The topological polar surface area (TPSA) is 20.2 Å². The van der Waals surface area contributed by atoms with E-state index in [1.54, 1.807) is 0 Å². The molecule has 1 aromatic rings. The van der Waals surface area contributed by atoms with Crippen LogP contribution in [0.5, 0.6) is 0 Å². The van der Waals surface area contributed by atoms with Gasteiger partial charge in [-0.15, -0.1) is 6.58 Å². The molecule has 0 fully saturated rings. The smallest absolute Gasteiger partial charge is 0.378 e. The Morgan fingerprint density at radius 3 is 1.94 bits per heavy atom. The Morgan fingerprint density at radius 2 is 1.56 bits per heavy atom. The van der Waals surface area contributed by atoms with Crippen LogP contribution in [0.4, 0.5) is 22.0 Å². The minimum atomic E-state index is -5.85. The van der Waals surface area contributed by atoms with Gasteiger partial charge in [0.1, 0.15) is 0 Å². The van der Waals surface area contributed by atoms with Gasteiger partial charge < -0.3 is 5.11 Å². The minimum absolute atomic E-state index is 0.507. The summed E-state index contributed by atoms with van der Waals surface area (Å²) >= 11 is 0. The van der Waals surface area contributed by atoms with E-state index in [0.717, 1.165) is 18.2 Å². The number of hydrogen-bond acceptors (Lipinski definition) is 1. The van der Waals surface area contributed by atoms with E-state index in [9.17, 15) is 27.1 Å². The molecule has 1 atom stereocenters. The van der Waals surface area contributed by atoms with Crippen molar-refractivity contribution in [2.75, 3.05) is 0 Å². The molecule has 18 heavy (non-hydrogen) atoms. The molecule has 0 aliphatic carbocycles. The molecule has 0 heterocycles. The first kappa shape index (κ1) is 14.6. The van der Waals surface area contributed by atoms with Gasteiger partial charge in [0.05, 0.1) is 0 Å². The van der Waals surface area contributed by atoms with Crippen molar-refractivity contribution in [1.29, 1.82) is 0 Å². The van der Waals surface area contributed by atoms with E-state index in [-0.39, 0.29) is 0 Å². The Bertz CT molecular complexity index is 412. The molecular formula is C12H11F5O. The zero-order valence-electron chi connectivity index (χ0n) is 9.22. The summed E-state index contributed by atoms with van der Waals surface area (Å²) in [5.74, 6) is -5.27. The second-order valence-electron chi connectivity index (χ2n) is 3.79. The number of hydrogen-bond donors (Lipinski definition) is 1. The lowest BCUT2D eigenvalue weighted by Gasteiger charge is -2.36. The molecule has 0 saturated heterocycles. The van der Waals surface area contributed by atoms with Crippen LogP contribution in [0.15, 0.2) is 43.0 Å². The number of benzene rings is 1. The van der Waals surface area contributed by atoms with Crippen molar-refractivity contribution in [1.82, 2.24) is 0 Å². The van der Waals surface area contributed by atoms with Gasteiger partial charge in [0.25, 0.3) is 0 Å². The molecule has 1 rings (SSSR count). The third-order valence-corrected chi connectivity index (χ3v) is 2.57. The molecule has 100 valence electrons. The molecule has 0 bridgehead atoms. The lowest BCUT2D eigenvalue weighted by molar-refractivity contribution is -0.345. The lowest BCUT2D eigenvalue weighted by atomic mass is 9.84. The van der Waals surface area contributed by atoms with Crippen molar-refractivity contribution in [3.8, 4) is 0 Å². The maximum atomic E-state index is 13.4. The molecule has 0 spiro atoms. The standard InChI is InChI=1S/C12H11F5O/c1-2-8-10(18,9-6-4-3-5-7-9)11(13,14)12(15,16)17/h2-7,18H,1,8H2/t10-/m0/s1. The monoisotopic (exact) mass is 266 g/mol. The van der Waals surface area contributed by atoms with Crippen molar-refractivity contribution < 1.29 is 27.1 Å². The fraction of sp³-hybridized carbons (Fsp3) is 0.333. The first-order valence-electron chi connectivity index (χ1n) is 5.00. The van der Waals surface area contributed by atoms with Gasteiger partial charge in [0.15, 0.2) is 5.60 Å². The highest BCUT2D eigenvalue weighted by Gasteiger charge is 2.69. The van der Waals surface area contributed by atoms with Crippen LogP contribution in [0.1, 0.15) is 12.0 Å². The summed E-state index contributed by atoms with van der Waals surface area (Å²) in [6.45, 7) is 3.11. The summed E-state index contributed by atoms with van der Waals surface area (Å²) in [6.07, 6.45) is -5.93. The van der Waals surface area contributed by atoms with Gasteiger partial charge in [-0.25, -0.2) is 0 Å². The fourth-order valence-corrected chi connectivity index (χ4v) is 1.58. The van der Waals surface area contributed by atoms with E-state index in [1.165, 1.54) is 18.2 Å². The highest BCUT2D eigenvalue weighted by atomic mass is 19.4. The van der Waals surface area contributed by atoms with Crippen LogP contribution >= 0.6 is 0 Å². The maximum absolute atomic E-state index is 13.4. The first-order valence-corrected chi connectivity index (χ1v) is 5.00. The number of rotatable bonds is 4. The minimum Gasteiger partial charge on any atom is -0.378 e. The second-order valence-corrected chi connectivity index (χ2v) is 3.79. The summed E-state index contributed by atoms with van der Waals surface area (Å²) in [5, 5.41) is 9.80. The first-order chi connectivity index (χ1) is 8.17. The van der Waals surface area contributed by atoms with Crippen LogP contribution in [0.2, 0.25) is 0 Å². The zero-order valence-corrected chi connectivity index (χ0v) is 9.22. The van der Waals surface area contributed by atoms with Gasteiger partial charge in [-0.05, 0) is 5.56 Å². The normalized spacial score (nSPS) is 16.1. The molecule has 1 N–H and O–H groups in total. The third kappa shape index (κ3) is 2.25. The van der Waals surface area contributed by atoms with Gasteiger partial charge in [-0.1, -0.05) is 36.4 Å². The van der Waals surface area contributed by atoms with E-state index >= 15 is 0 Å². The summed E-state index contributed by atoms with van der Waals surface area (Å²) < 4.78 is 64.0. The third-order valence-electron chi connectivity index (χ3n) is 2.57. The van der Waals surface area contributed by atoms with Crippen molar-refractivity contribution in [3.63, 3.8) is 0 Å². The van der Waals surface area contributed by atoms with Gasteiger partial charge in [0, 0.05) is 6.42 Å². The van der Waals surface area contributed by atoms with Gasteiger partial charge in [0.2, 0.25) is 0 Å². The second kappa shape index (κ2) is 4.68. The van der Waals surface area contributed by atoms with Gasteiger partial charge >= 0.3 is 12.1 Å². The maximum Gasteiger partial charge on any atom is 0.456 e. The van der Waals surface area contributed by atoms with Crippen LogP contribution < -0.4 is 0 Å². The van der Waals surface area contributed by atoms with E-state index in [4.69, 9.17) is 0 Å². The van der Waals surface area contributed by atoms with Crippen LogP contribution in [0.3, 0.4) is 0 Å². The van der Waals surface area contributed by atoms with E-state index in [0.29, 0.717) is 0 Å². The Hall–Kier alpha value is -1.43. The van der Waals surface area contributed by atoms with Crippen molar-refractivity contribution >= 4 is 0 Å². The lowest BCUT2D eigenvalue weighted by Crippen LogP contribution is -2.54. The average molecular weight is 266 g/mol. The molecule has 0 aliphatic heterocycles. The number of aliphatic hydroxyl groups is 1. The molecule has 1 aromatic carbocycles. The Morgan fingerprint density at radius 1 is 1.06 bits per heavy atom. The molecule has 6 heteroatoms. The van der Waals surface area contributed by atoms with E-state index in [1.807, 2.05) is 0 Å². The molecule has 0 radical (unpaired) electrons. The molecule has 0 aliphatic rings. The average Bonchev–Trinajstić information content (AvgIpc) is 2.28. The molecule has 0 aromatic heterocycles. The van der Waals surface area contributed by atoms with Gasteiger partial charge in [-0.2, -0.15) is 22.0 Å².